The van der Waals surface area contributed by atoms with E-state index in [2.05, 4.69) is 15.5 Å². The van der Waals surface area contributed by atoms with Crippen molar-refractivity contribution in [2.45, 2.75) is 64.0 Å². The number of benzene rings is 1. The lowest BCUT2D eigenvalue weighted by Gasteiger charge is -2.48. The number of carbonyl (C=O) groups excluding carboxylic acids is 2. The molecule has 0 radical (unpaired) electrons. The average Bonchev–Trinajstić information content (AvgIpc) is 2.72. The summed E-state index contributed by atoms with van der Waals surface area (Å²) in [6.07, 6.45) is 5.33. The van der Waals surface area contributed by atoms with Crippen molar-refractivity contribution in [1.82, 2.24) is 10.2 Å². The number of anilines is 1. The number of nitrogens with one attached hydrogen (secondary N) is 2. The first-order valence-electron chi connectivity index (χ1n) is 11.0. The smallest absolute Gasteiger partial charge is 0.412 e. The molecule has 7 nitrogen and oxygen atoms in total. The van der Waals surface area contributed by atoms with Gasteiger partial charge in [0.05, 0.1) is 13.2 Å². The van der Waals surface area contributed by atoms with Gasteiger partial charge in [-0.15, -0.1) is 0 Å². The van der Waals surface area contributed by atoms with E-state index in [9.17, 15) is 9.59 Å². The molecule has 0 spiro atoms. The van der Waals surface area contributed by atoms with Crippen molar-refractivity contribution in [2.75, 3.05) is 38.2 Å². The predicted octanol–water partition coefficient (Wildman–Crippen LogP) is 3.80. The van der Waals surface area contributed by atoms with Crippen LogP contribution < -0.4 is 10.6 Å². The van der Waals surface area contributed by atoms with Gasteiger partial charge in [0.15, 0.2) is 0 Å². The molecule has 0 unspecified atom stereocenters. The Morgan fingerprint density at radius 1 is 1.13 bits per heavy atom. The van der Waals surface area contributed by atoms with Gasteiger partial charge in [0.1, 0.15) is 5.60 Å². The topological polar surface area (TPSA) is 79.9 Å². The highest BCUT2D eigenvalue weighted by Gasteiger charge is 2.38. The fourth-order valence-electron chi connectivity index (χ4n) is 4.36. The summed E-state index contributed by atoms with van der Waals surface area (Å²) in [4.78, 5) is 27.4. The molecule has 1 heterocycles. The van der Waals surface area contributed by atoms with Gasteiger partial charge >= 0.3 is 6.09 Å². The van der Waals surface area contributed by atoms with E-state index in [1.54, 1.807) is 24.3 Å². The summed E-state index contributed by atoms with van der Waals surface area (Å²) in [5, 5.41) is 5.86. The number of morpholine rings is 1. The summed E-state index contributed by atoms with van der Waals surface area (Å²) in [7, 11) is 0. The monoisotopic (exact) mass is 417 g/mol. The van der Waals surface area contributed by atoms with Gasteiger partial charge in [-0.1, -0.05) is 25.3 Å². The minimum absolute atomic E-state index is 0.0179. The summed E-state index contributed by atoms with van der Waals surface area (Å²) in [6, 6.07) is 6.95. The van der Waals surface area contributed by atoms with Crippen LogP contribution in [0.25, 0.3) is 0 Å². The van der Waals surface area contributed by atoms with E-state index in [0.29, 0.717) is 17.8 Å². The maximum atomic E-state index is 12.9. The van der Waals surface area contributed by atoms with Crippen molar-refractivity contribution in [2.24, 2.45) is 0 Å². The lowest BCUT2D eigenvalue weighted by molar-refractivity contribution is -0.0361. The zero-order valence-corrected chi connectivity index (χ0v) is 18.5. The second-order valence-electron chi connectivity index (χ2n) is 9.27. The number of amides is 2. The number of rotatable bonds is 5. The predicted molar refractivity (Wildman–Crippen MR) is 117 cm³/mol. The quantitative estimate of drug-likeness (QED) is 0.762. The highest BCUT2D eigenvalue weighted by molar-refractivity contribution is 5.96. The molecule has 166 valence electrons. The third kappa shape index (κ3) is 6.19. The second-order valence-corrected chi connectivity index (χ2v) is 9.27. The zero-order valence-electron chi connectivity index (χ0n) is 18.5. The molecule has 1 aromatic rings. The standard InChI is InChI=1S/C23H35N3O4/c1-22(2,3)30-21(28)25-19-9-7-8-18(16-19)20(27)24-17-23(10-5-4-6-11-23)26-12-14-29-15-13-26/h7-9,16H,4-6,10-15,17H2,1-3H3,(H,24,27)(H,25,28). The van der Waals surface area contributed by atoms with E-state index < -0.39 is 11.7 Å². The lowest BCUT2D eigenvalue weighted by atomic mass is 9.79. The van der Waals surface area contributed by atoms with Gasteiger partial charge < -0.3 is 14.8 Å². The van der Waals surface area contributed by atoms with Crippen LogP contribution in [0.3, 0.4) is 0 Å². The summed E-state index contributed by atoms with van der Waals surface area (Å²) in [5.41, 5.74) is 0.505. The molecule has 7 heteroatoms. The molecule has 2 aliphatic rings. The Labute approximate surface area is 179 Å². The molecule has 0 bridgehead atoms. The highest BCUT2D eigenvalue weighted by atomic mass is 16.6. The number of carbonyl (C=O) groups is 2. The normalized spacial score (nSPS) is 19.7. The fraction of sp³-hybridized carbons (Fsp3) is 0.652. The molecule has 1 aromatic carbocycles. The van der Waals surface area contributed by atoms with Gasteiger partial charge in [-0.25, -0.2) is 4.79 Å². The van der Waals surface area contributed by atoms with Gasteiger partial charge in [0, 0.05) is 36.4 Å². The van der Waals surface area contributed by atoms with E-state index in [4.69, 9.17) is 9.47 Å². The maximum Gasteiger partial charge on any atom is 0.412 e. The van der Waals surface area contributed by atoms with Gasteiger partial charge in [-0.2, -0.15) is 0 Å². The molecule has 30 heavy (non-hydrogen) atoms. The Balaban J connectivity index is 1.62. The second kappa shape index (κ2) is 9.79. The van der Waals surface area contributed by atoms with E-state index in [-0.39, 0.29) is 11.4 Å². The largest absolute Gasteiger partial charge is 0.444 e. The molecule has 2 N–H and O–H groups in total. The van der Waals surface area contributed by atoms with Crippen molar-refractivity contribution in [1.29, 1.82) is 0 Å². The van der Waals surface area contributed by atoms with Crippen molar-refractivity contribution in [3.05, 3.63) is 29.8 Å². The Bertz CT molecular complexity index is 732. The first-order chi connectivity index (χ1) is 14.3. The molecule has 0 atom stereocenters. The van der Waals surface area contributed by atoms with Crippen LogP contribution in [0, 0.1) is 0 Å². The minimum atomic E-state index is -0.577. The molecule has 3 rings (SSSR count). The summed E-state index contributed by atoms with van der Waals surface area (Å²) < 4.78 is 10.8. The first-order valence-corrected chi connectivity index (χ1v) is 11.0. The third-order valence-electron chi connectivity index (χ3n) is 5.81. The zero-order chi connectivity index (χ0) is 21.6. The van der Waals surface area contributed by atoms with Crippen LogP contribution in [0.5, 0.6) is 0 Å². The minimum Gasteiger partial charge on any atom is -0.444 e. The Kier molecular flexibility index (Phi) is 7.36. The molecule has 2 fully saturated rings. The molecule has 1 saturated heterocycles. The van der Waals surface area contributed by atoms with Crippen molar-refractivity contribution in [3.63, 3.8) is 0 Å². The van der Waals surface area contributed by atoms with E-state index in [1.165, 1.54) is 19.3 Å². The number of nitrogens with zero attached hydrogens (tertiary/aromatic N) is 1. The summed E-state index contributed by atoms with van der Waals surface area (Å²) in [6.45, 7) is 9.43. The van der Waals surface area contributed by atoms with Crippen LogP contribution in [0.4, 0.5) is 10.5 Å². The molecular formula is C23H35N3O4. The SMILES string of the molecule is CC(C)(C)OC(=O)Nc1cccc(C(=O)NCC2(N3CCOCC3)CCCCC2)c1. The summed E-state index contributed by atoms with van der Waals surface area (Å²) in [5.74, 6) is -0.124. The van der Waals surface area contributed by atoms with Crippen LogP contribution in [0.2, 0.25) is 0 Å². The van der Waals surface area contributed by atoms with Crippen LogP contribution in [0.15, 0.2) is 24.3 Å². The van der Waals surface area contributed by atoms with Crippen LogP contribution in [0.1, 0.15) is 63.2 Å². The van der Waals surface area contributed by atoms with E-state index >= 15 is 0 Å². The Hall–Kier alpha value is -2.12. The molecule has 2 amide bonds. The van der Waals surface area contributed by atoms with Gasteiger partial charge in [0.25, 0.3) is 5.91 Å². The van der Waals surface area contributed by atoms with Crippen molar-refractivity contribution >= 4 is 17.7 Å². The van der Waals surface area contributed by atoms with E-state index in [1.807, 2.05) is 20.8 Å². The molecule has 0 aromatic heterocycles. The van der Waals surface area contributed by atoms with Crippen LogP contribution >= 0.6 is 0 Å². The molecule has 1 aliphatic heterocycles. The van der Waals surface area contributed by atoms with Gasteiger partial charge in [0.2, 0.25) is 0 Å². The van der Waals surface area contributed by atoms with Crippen LogP contribution in [-0.4, -0.2) is 60.9 Å². The number of hydrogen-bond acceptors (Lipinski definition) is 5. The molecular weight excluding hydrogens is 382 g/mol. The fourth-order valence-corrected chi connectivity index (χ4v) is 4.36. The first kappa shape index (κ1) is 22.6. The highest BCUT2D eigenvalue weighted by Crippen LogP contribution is 2.34. The average molecular weight is 418 g/mol. The number of ether oxygens (including phenoxy) is 2. The number of hydrogen-bond donors (Lipinski definition) is 2. The summed E-state index contributed by atoms with van der Waals surface area (Å²) >= 11 is 0. The lowest BCUT2D eigenvalue weighted by Crippen LogP contribution is -2.59. The van der Waals surface area contributed by atoms with Gasteiger partial charge in [-0.3, -0.25) is 15.0 Å². The Morgan fingerprint density at radius 2 is 1.83 bits per heavy atom. The van der Waals surface area contributed by atoms with Crippen LogP contribution in [-0.2, 0) is 9.47 Å². The Morgan fingerprint density at radius 3 is 2.50 bits per heavy atom. The third-order valence-corrected chi connectivity index (χ3v) is 5.81. The maximum absolute atomic E-state index is 12.9. The van der Waals surface area contributed by atoms with Crippen molar-refractivity contribution in [3.8, 4) is 0 Å². The molecule has 1 aliphatic carbocycles. The van der Waals surface area contributed by atoms with Gasteiger partial charge in [-0.05, 0) is 51.8 Å². The van der Waals surface area contributed by atoms with E-state index in [0.717, 1.165) is 39.1 Å². The van der Waals surface area contributed by atoms with Crippen molar-refractivity contribution < 1.29 is 19.1 Å². The molecule has 1 saturated carbocycles.